The molecule has 8 nitrogen and oxygen atoms in total. The summed E-state index contributed by atoms with van der Waals surface area (Å²) in [6.07, 6.45) is 3.75. The molecular formula is C23H22N4O4S. The molecule has 0 aliphatic carbocycles. The SMILES string of the molecule is C=CCNc1nc(C(=O)OCC(=O)N2N=C(c3ccc(C)cc3)CC2c2ccco2)cs1. The van der Waals surface area contributed by atoms with Gasteiger partial charge >= 0.3 is 5.97 Å². The Kier molecular flexibility index (Phi) is 6.46. The fraction of sp³-hybridized carbons (Fsp3) is 0.217. The first-order valence-corrected chi connectivity index (χ1v) is 10.9. The van der Waals surface area contributed by atoms with Gasteiger partial charge in [-0.2, -0.15) is 5.10 Å². The second-order valence-corrected chi connectivity index (χ2v) is 8.03. The molecule has 2 aromatic heterocycles. The molecule has 32 heavy (non-hydrogen) atoms. The molecule has 4 rings (SSSR count). The number of hydrogen-bond donors (Lipinski definition) is 1. The average molecular weight is 451 g/mol. The van der Waals surface area contributed by atoms with Gasteiger partial charge in [0.15, 0.2) is 17.4 Å². The van der Waals surface area contributed by atoms with Crippen molar-refractivity contribution in [2.45, 2.75) is 19.4 Å². The number of carbonyl (C=O) groups excluding carboxylic acids is 2. The number of ether oxygens (including phenoxy) is 1. The maximum Gasteiger partial charge on any atom is 0.358 e. The lowest BCUT2D eigenvalue weighted by molar-refractivity contribution is -0.136. The summed E-state index contributed by atoms with van der Waals surface area (Å²) < 4.78 is 10.7. The first-order valence-electron chi connectivity index (χ1n) is 10.0. The monoisotopic (exact) mass is 450 g/mol. The summed E-state index contributed by atoms with van der Waals surface area (Å²) in [6, 6.07) is 11.1. The number of carbonyl (C=O) groups is 2. The van der Waals surface area contributed by atoms with Crippen LogP contribution in [0.5, 0.6) is 0 Å². The minimum Gasteiger partial charge on any atom is -0.467 e. The number of esters is 1. The molecule has 0 saturated heterocycles. The van der Waals surface area contributed by atoms with Crippen molar-refractivity contribution in [2.24, 2.45) is 5.10 Å². The van der Waals surface area contributed by atoms with Gasteiger partial charge < -0.3 is 14.5 Å². The predicted molar refractivity (Wildman–Crippen MR) is 122 cm³/mol. The van der Waals surface area contributed by atoms with Crippen molar-refractivity contribution >= 4 is 34.1 Å². The van der Waals surface area contributed by atoms with Crippen LogP contribution in [0, 0.1) is 6.92 Å². The molecule has 1 aliphatic heterocycles. The molecule has 0 bridgehead atoms. The highest BCUT2D eigenvalue weighted by Crippen LogP contribution is 2.33. The van der Waals surface area contributed by atoms with E-state index in [1.54, 1.807) is 29.9 Å². The molecule has 1 aromatic carbocycles. The quantitative estimate of drug-likeness (QED) is 0.409. The van der Waals surface area contributed by atoms with Crippen LogP contribution in [0.2, 0.25) is 0 Å². The van der Waals surface area contributed by atoms with Gasteiger partial charge in [-0.1, -0.05) is 35.9 Å². The van der Waals surface area contributed by atoms with Crippen LogP contribution in [-0.4, -0.2) is 40.7 Å². The number of nitrogens with zero attached hydrogens (tertiary/aromatic N) is 3. The Bertz CT molecular complexity index is 1140. The molecule has 164 valence electrons. The molecule has 3 aromatic rings. The maximum absolute atomic E-state index is 12.9. The molecule has 1 unspecified atom stereocenters. The van der Waals surface area contributed by atoms with Gasteiger partial charge in [-0.05, 0) is 24.6 Å². The number of hydrogen-bond acceptors (Lipinski definition) is 8. The zero-order valence-electron chi connectivity index (χ0n) is 17.5. The number of benzene rings is 1. The zero-order chi connectivity index (χ0) is 22.5. The van der Waals surface area contributed by atoms with Crippen molar-refractivity contribution < 1.29 is 18.7 Å². The standard InChI is InChI=1S/C23H22N4O4S/c1-3-10-24-23-25-18(14-32-23)22(29)31-13-21(28)27-19(20-5-4-11-30-20)12-17(26-27)16-8-6-15(2)7-9-16/h3-9,11,14,19H,1,10,12-13H2,2H3,(H,24,25). The van der Waals surface area contributed by atoms with Crippen molar-refractivity contribution in [1.82, 2.24) is 9.99 Å². The second kappa shape index (κ2) is 9.61. The summed E-state index contributed by atoms with van der Waals surface area (Å²) in [5, 5.41) is 11.0. The Balaban J connectivity index is 1.45. The minimum absolute atomic E-state index is 0.141. The van der Waals surface area contributed by atoms with Crippen LogP contribution in [0.4, 0.5) is 5.13 Å². The fourth-order valence-corrected chi connectivity index (χ4v) is 3.93. The first-order chi connectivity index (χ1) is 15.5. The van der Waals surface area contributed by atoms with Gasteiger partial charge in [0.2, 0.25) is 0 Å². The van der Waals surface area contributed by atoms with E-state index in [9.17, 15) is 9.59 Å². The van der Waals surface area contributed by atoms with Crippen LogP contribution in [0.3, 0.4) is 0 Å². The lowest BCUT2D eigenvalue weighted by Gasteiger charge is -2.19. The Morgan fingerprint density at radius 3 is 2.88 bits per heavy atom. The number of furan rings is 1. The molecule has 1 atom stereocenters. The lowest BCUT2D eigenvalue weighted by atomic mass is 10.0. The van der Waals surface area contributed by atoms with Crippen LogP contribution < -0.4 is 5.32 Å². The number of aromatic nitrogens is 1. The van der Waals surface area contributed by atoms with Crippen LogP contribution in [0.25, 0.3) is 0 Å². The summed E-state index contributed by atoms with van der Waals surface area (Å²) in [5.74, 6) is -0.493. The molecule has 0 saturated carbocycles. The fourth-order valence-electron chi connectivity index (χ4n) is 3.24. The van der Waals surface area contributed by atoms with Crippen molar-refractivity contribution in [1.29, 1.82) is 0 Å². The highest BCUT2D eigenvalue weighted by molar-refractivity contribution is 7.13. The van der Waals surface area contributed by atoms with Gasteiger partial charge in [-0.3, -0.25) is 4.79 Å². The van der Waals surface area contributed by atoms with Crippen LogP contribution in [-0.2, 0) is 9.53 Å². The molecule has 1 N–H and O–H groups in total. The van der Waals surface area contributed by atoms with E-state index in [2.05, 4.69) is 22.0 Å². The van der Waals surface area contributed by atoms with Gasteiger partial charge in [0.25, 0.3) is 5.91 Å². The number of amides is 1. The van der Waals surface area contributed by atoms with E-state index in [0.29, 0.717) is 23.9 Å². The molecule has 1 aliphatic rings. The Hall–Kier alpha value is -3.72. The summed E-state index contributed by atoms with van der Waals surface area (Å²) in [6.45, 7) is 5.71. The normalized spacial score (nSPS) is 15.3. The maximum atomic E-state index is 12.9. The van der Waals surface area contributed by atoms with E-state index in [-0.39, 0.29) is 5.69 Å². The average Bonchev–Trinajstić information content (AvgIpc) is 3.56. The zero-order valence-corrected chi connectivity index (χ0v) is 18.3. The van der Waals surface area contributed by atoms with E-state index < -0.39 is 24.5 Å². The van der Waals surface area contributed by atoms with Gasteiger partial charge in [0.1, 0.15) is 11.8 Å². The molecule has 0 radical (unpaired) electrons. The van der Waals surface area contributed by atoms with Crippen molar-refractivity contribution in [3.63, 3.8) is 0 Å². The van der Waals surface area contributed by atoms with Gasteiger partial charge in [0.05, 0.1) is 12.0 Å². The third-order valence-electron chi connectivity index (χ3n) is 4.86. The van der Waals surface area contributed by atoms with Crippen molar-refractivity contribution in [2.75, 3.05) is 18.5 Å². The number of nitrogens with one attached hydrogen (secondary N) is 1. The molecular weight excluding hydrogens is 428 g/mol. The Labute approximate surface area is 189 Å². The number of aryl methyl sites for hydroxylation is 1. The third-order valence-corrected chi connectivity index (χ3v) is 5.66. The highest BCUT2D eigenvalue weighted by Gasteiger charge is 2.35. The summed E-state index contributed by atoms with van der Waals surface area (Å²) in [7, 11) is 0. The minimum atomic E-state index is -0.669. The Morgan fingerprint density at radius 1 is 1.34 bits per heavy atom. The summed E-state index contributed by atoms with van der Waals surface area (Å²) >= 11 is 1.27. The van der Waals surface area contributed by atoms with E-state index in [1.165, 1.54) is 16.3 Å². The number of rotatable bonds is 8. The summed E-state index contributed by atoms with van der Waals surface area (Å²) in [4.78, 5) is 29.4. The molecule has 3 heterocycles. The van der Waals surface area contributed by atoms with Gasteiger partial charge in [-0.15, -0.1) is 17.9 Å². The molecule has 0 spiro atoms. The van der Waals surface area contributed by atoms with Crippen LogP contribution >= 0.6 is 11.3 Å². The summed E-state index contributed by atoms with van der Waals surface area (Å²) in [5.41, 5.74) is 2.98. The van der Waals surface area contributed by atoms with Crippen molar-refractivity contribution in [3.05, 3.63) is 83.3 Å². The smallest absolute Gasteiger partial charge is 0.358 e. The second-order valence-electron chi connectivity index (χ2n) is 7.17. The highest BCUT2D eigenvalue weighted by atomic mass is 32.1. The number of hydrazone groups is 1. The largest absolute Gasteiger partial charge is 0.467 e. The van der Waals surface area contributed by atoms with E-state index in [1.807, 2.05) is 31.2 Å². The number of anilines is 1. The molecule has 1 amide bonds. The third kappa shape index (κ3) is 4.78. The van der Waals surface area contributed by atoms with E-state index >= 15 is 0 Å². The van der Waals surface area contributed by atoms with Gasteiger partial charge in [-0.25, -0.2) is 14.8 Å². The van der Waals surface area contributed by atoms with Crippen molar-refractivity contribution in [3.8, 4) is 0 Å². The lowest BCUT2D eigenvalue weighted by Crippen LogP contribution is -2.31. The molecule has 9 heteroatoms. The first kappa shape index (κ1) is 21.5. The number of thiazole rings is 1. The predicted octanol–water partition coefficient (Wildman–Crippen LogP) is 4.18. The van der Waals surface area contributed by atoms with E-state index in [0.717, 1.165) is 16.8 Å². The topological polar surface area (TPSA) is 97.0 Å². The van der Waals surface area contributed by atoms with Gasteiger partial charge in [0, 0.05) is 18.3 Å². The van der Waals surface area contributed by atoms with Crippen LogP contribution in [0.15, 0.2) is 70.2 Å². The van der Waals surface area contributed by atoms with Crippen LogP contribution in [0.1, 0.15) is 39.8 Å². The molecule has 0 fully saturated rings. The van der Waals surface area contributed by atoms with E-state index in [4.69, 9.17) is 9.15 Å². The Morgan fingerprint density at radius 2 is 2.16 bits per heavy atom.